The molecule has 0 aliphatic carbocycles. The van der Waals surface area contributed by atoms with Gasteiger partial charge in [0.2, 0.25) is 10.0 Å². The Labute approximate surface area is 119 Å². The molecule has 20 heavy (non-hydrogen) atoms. The van der Waals surface area contributed by atoms with Crippen molar-refractivity contribution in [3.05, 3.63) is 29.8 Å². The standard InChI is InChI=1S/C13H20F2N2O2S/c1-4-17(7-5-6-16(2)3)20(18,19)13-9-11(14)8-12(15)10-13/h8-10H,4-7H2,1-3H3. The zero-order valence-electron chi connectivity index (χ0n) is 11.9. The first-order valence-corrected chi connectivity index (χ1v) is 7.82. The van der Waals surface area contributed by atoms with Crippen molar-refractivity contribution in [3.8, 4) is 0 Å². The smallest absolute Gasteiger partial charge is 0.243 e. The fourth-order valence-electron chi connectivity index (χ4n) is 1.84. The molecule has 114 valence electrons. The highest BCUT2D eigenvalue weighted by Crippen LogP contribution is 2.18. The van der Waals surface area contributed by atoms with Crippen LogP contribution < -0.4 is 0 Å². The summed E-state index contributed by atoms with van der Waals surface area (Å²) >= 11 is 0. The predicted octanol–water partition coefficient (Wildman–Crippen LogP) is 1.93. The summed E-state index contributed by atoms with van der Waals surface area (Å²) in [5.41, 5.74) is 0. The minimum absolute atomic E-state index is 0.258. The Balaban J connectivity index is 2.94. The van der Waals surface area contributed by atoms with Gasteiger partial charge in [0.25, 0.3) is 0 Å². The third-order valence-corrected chi connectivity index (χ3v) is 4.79. The molecule has 0 heterocycles. The van der Waals surface area contributed by atoms with E-state index in [1.807, 2.05) is 19.0 Å². The Morgan fingerprint density at radius 3 is 2.05 bits per heavy atom. The summed E-state index contributed by atoms with van der Waals surface area (Å²) in [6.07, 6.45) is 0.651. The van der Waals surface area contributed by atoms with Crippen LogP contribution in [0.2, 0.25) is 0 Å². The first kappa shape index (κ1) is 17.0. The monoisotopic (exact) mass is 306 g/mol. The second-order valence-corrected chi connectivity index (χ2v) is 6.70. The number of sulfonamides is 1. The lowest BCUT2D eigenvalue weighted by Gasteiger charge is -2.21. The fourth-order valence-corrected chi connectivity index (χ4v) is 3.37. The molecule has 1 aromatic rings. The molecule has 1 aromatic carbocycles. The first-order valence-electron chi connectivity index (χ1n) is 6.38. The van der Waals surface area contributed by atoms with Gasteiger partial charge in [-0.1, -0.05) is 6.92 Å². The van der Waals surface area contributed by atoms with Gasteiger partial charge in [-0.3, -0.25) is 0 Å². The van der Waals surface area contributed by atoms with Crippen molar-refractivity contribution >= 4 is 10.0 Å². The van der Waals surface area contributed by atoms with Crippen LogP contribution in [-0.2, 0) is 10.0 Å². The van der Waals surface area contributed by atoms with Crippen LogP contribution in [0.3, 0.4) is 0 Å². The van der Waals surface area contributed by atoms with Crippen molar-refractivity contribution in [1.82, 2.24) is 9.21 Å². The molecular weight excluding hydrogens is 286 g/mol. The maximum atomic E-state index is 13.2. The molecule has 7 heteroatoms. The molecular formula is C13H20F2N2O2S. The highest BCUT2D eigenvalue weighted by molar-refractivity contribution is 7.89. The van der Waals surface area contributed by atoms with Crippen LogP contribution in [0.25, 0.3) is 0 Å². The molecule has 0 atom stereocenters. The van der Waals surface area contributed by atoms with Gasteiger partial charge < -0.3 is 4.90 Å². The molecule has 0 spiro atoms. The second kappa shape index (κ2) is 7.10. The van der Waals surface area contributed by atoms with Crippen LogP contribution in [0.4, 0.5) is 8.78 Å². The van der Waals surface area contributed by atoms with E-state index in [1.54, 1.807) is 6.92 Å². The van der Waals surface area contributed by atoms with Gasteiger partial charge in [-0.15, -0.1) is 0 Å². The molecule has 0 saturated carbocycles. The quantitative estimate of drug-likeness (QED) is 0.773. The van der Waals surface area contributed by atoms with Crippen molar-refractivity contribution in [2.24, 2.45) is 0 Å². The summed E-state index contributed by atoms with van der Waals surface area (Å²) in [4.78, 5) is 1.60. The number of hydrogen-bond donors (Lipinski definition) is 0. The summed E-state index contributed by atoms with van der Waals surface area (Å²) in [6, 6.07) is 2.33. The van der Waals surface area contributed by atoms with Crippen molar-refractivity contribution in [3.63, 3.8) is 0 Å². The lowest BCUT2D eigenvalue weighted by atomic mass is 10.3. The Bertz CT molecular complexity index is 527. The highest BCUT2D eigenvalue weighted by atomic mass is 32.2. The van der Waals surface area contributed by atoms with Gasteiger partial charge in [0.05, 0.1) is 4.90 Å². The molecule has 0 saturated heterocycles. The van der Waals surface area contributed by atoms with E-state index in [0.29, 0.717) is 19.0 Å². The zero-order valence-corrected chi connectivity index (χ0v) is 12.8. The summed E-state index contributed by atoms with van der Waals surface area (Å²) in [7, 11) is -0.0681. The van der Waals surface area contributed by atoms with Gasteiger partial charge in [0.1, 0.15) is 11.6 Å². The average molecular weight is 306 g/mol. The molecule has 0 N–H and O–H groups in total. The van der Waals surface area contributed by atoms with Gasteiger partial charge in [0.15, 0.2) is 0 Å². The Morgan fingerprint density at radius 2 is 1.60 bits per heavy atom. The summed E-state index contributed by atoms with van der Waals surface area (Å²) in [5.74, 6) is -1.79. The minimum atomic E-state index is -3.86. The first-order chi connectivity index (χ1) is 9.27. The van der Waals surface area contributed by atoms with Crippen molar-refractivity contribution < 1.29 is 17.2 Å². The van der Waals surface area contributed by atoms with Crippen LogP contribution in [0, 0.1) is 11.6 Å². The van der Waals surface area contributed by atoms with Crippen molar-refractivity contribution in [2.75, 3.05) is 33.7 Å². The number of halogens is 2. The van der Waals surface area contributed by atoms with Crippen molar-refractivity contribution in [2.45, 2.75) is 18.2 Å². The van der Waals surface area contributed by atoms with Gasteiger partial charge in [-0.25, -0.2) is 17.2 Å². The van der Waals surface area contributed by atoms with E-state index in [2.05, 4.69) is 0 Å². The molecule has 1 rings (SSSR count). The predicted molar refractivity (Wildman–Crippen MR) is 74.0 cm³/mol. The molecule has 0 aromatic heterocycles. The van der Waals surface area contributed by atoms with E-state index >= 15 is 0 Å². The topological polar surface area (TPSA) is 40.6 Å². The van der Waals surface area contributed by atoms with Gasteiger partial charge in [0, 0.05) is 19.2 Å². The van der Waals surface area contributed by atoms with E-state index in [0.717, 1.165) is 18.7 Å². The maximum absolute atomic E-state index is 13.2. The van der Waals surface area contributed by atoms with Crippen molar-refractivity contribution in [1.29, 1.82) is 0 Å². The zero-order chi connectivity index (χ0) is 15.3. The van der Waals surface area contributed by atoms with Crippen LogP contribution in [0.5, 0.6) is 0 Å². The number of benzene rings is 1. The van der Waals surface area contributed by atoms with E-state index in [9.17, 15) is 17.2 Å². The minimum Gasteiger partial charge on any atom is -0.309 e. The molecule has 0 bridgehead atoms. The molecule has 4 nitrogen and oxygen atoms in total. The summed E-state index contributed by atoms with van der Waals surface area (Å²) in [6.45, 7) is 3.01. The summed E-state index contributed by atoms with van der Waals surface area (Å²) < 4.78 is 52.2. The van der Waals surface area contributed by atoms with E-state index in [4.69, 9.17) is 0 Å². The van der Waals surface area contributed by atoms with E-state index in [1.165, 1.54) is 4.31 Å². The van der Waals surface area contributed by atoms with Crippen LogP contribution in [0.1, 0.15) is 13.3 Å². The molecule has 0 aliphatic heterocycles. The third kappa shape index (κ3) is 4.50. The number of hydrogen-bond acceptors (Lipinski definition) is 3. The highest BCUT2D eigenvalue weighted by Gasteiger charge is 2.24. The van der Waals surface area contributed by atoms with Gasteiger partial charge in [-0.2, -0.15) is 4.31 Å². The Kier molecular flexibility index (Phi) is 6.04. The Morgan fingerprint density at radius 1 is 1.05 bits per heavy atom. The van der Waals surface area contributed by atoms with E-state index in [-0.39, 0.29) is 11.4 Å². The van der Waals surface area contributed by atoms with Crippen LogP contribution >= 0.6 is 0 Å². The van der Waals surface area contributed by atoms with Gasteiger partial charge >= 0.3 is 0 Å². The molecule has 0 unspecified atom stereocenters. The molecule has 0 radical (unpaired) electrons. The normalized spacial score (nSPS) is 12.3. The summed E-state index contributed by atoms with van der Waals surface area (Å²) in [5, 5.41) is 0. The molecule has 0 fully saturated rings. The Hall–Kier alpha value is -1.05. The SMILES string of the molecule is CCN(CCCN(C)C)S(=O)(=O)c1cc(F)cc(F)c1. The lowest BCUT2D eigenvalue weighted by molar-refractivity contribution is 0.356. The average Bonchev–Trinajstić information content (AvgIpc) is 2.32. The molecule has 0 aliphatic rings. The second-order valence-electron chi connectivity index (χ2n) is 4.76. The molecule has 0 amide bonds. The van der Waals surface area contributed by atoms with E-state index < -0.39 is 21.7 Å². The largest absolute Gasteiger partial charge is 0.309 e. The van der Waals surface area contributed by atoms with Gasteiger partial charge in [-0.05, 0) is 39.2 Å². The third-order valence-electron chi connectivity index (χ3n) is 2.84. The lowest BCUT2D eigenvalue weighted by Crippen LogP contribution is -2.33. The van der Waals surface area contributed by atoms with Crippen LogP contribution in [-0.4, -0.2) is 51.4 Å². The van der Waals surface area contributed by atoms with Crippen LogP contribution in [0.15, 0.2) is 23.1 Å². The maximum Gasteiger partial charge on any atom is 0.243 e. The number of rotatable bonds is 7. The fraction of sp³-hybridized carbons (Fsp3) is 0.538. The number of nitrogens with zero attached hydrogens (tertiary/aromatic N) is 2.